The molecule has 0 saturated heterocycles. The summed E-state index contributed by atoms with van der Waals surface area (Å²) in [4.78, 5) is 74.8. The third-order valence-corrected chi connectivity index (χ3v) is 4.57. The fourth-order valence-corrected chi connectivity index (χ4v) is 2.70. The lowest BCUT2D eigenvalue weighted by atomic mass is 10.1. The van der Waals surface area contributed by atoms with Crippen LogP contribution >= 0.6 is 0 Å². The van der Waals surface area contributed by atoms with Crippen molar-refractivity contribution in [2.75, 3.05) is 6.54 Å². The first-order valence-corrected chi connectivity index (χ1v) is 10.7. The Morgan fingerprint density at radius 2 is 1.26 bits per heavy atom. The molecule has 0 aliphatic rings. The number of hydrogen-bond donors (Lipinski definition) is 9. The molecular formula is C19H34N8O8. The van der Waals surface area contributed by atoms with Crippen LogP contribution in [0.3, 0.4) is 0 Å². The summed E-state index contributed by atoms with van der Waals surface area (Å²) in [6.45, 7) is 1.47. The quantitative estimate of drug-likeness (QED) is 0.0525. The van der Waals surface area contributed by atoms with E-state index < -0.39 is 66.2 Å². The standard InChI is InChI=1S/C19H34N8O8/c1-9(20)15(31)25-10(4-6-13(21)28)16(32)26-11(5-7-14(29)30)17(33)27-12(18(34)35)3-2-8-24-19(22)23/h9-12H,2-8,20H2,1H3,(H2,21,28)(H,25,31)(H,26,32)(H,27,33)(H,29,30)(H,34,35)(H4,22,23,24). The monoisotopic (exact) mass is 502 g/mol. The first-order chi connectivity index (χ1) is 16.2. The lowest BCUT2D eigenvalue weighted by Gasteiger charge is -2.24. The van der Waals surface area contributed by atoms with Gasteiger partial charge in [0.15, 0.2) is 5.96 Å². The molecule has 0 aliphatic heterocycles. The predicted molar refractivity (Wildman–Crippen MR) is 122 cm³/mol. The van der Waals surface area contributed by atoms with Crippen molar-refractivity contribution in [3.05, 3.63) is 0 Å². The highest BCUT2D eigenvalue weighted by Crippen LogP contribution is 2.06. The summed E-state index contributed by atoms with van der Waals surface area (Å²) in [5.41, 5.74) is 21.0. The van der Waals surface area contributed by atoms with Gasteiger partial charge in [-0.1, -0.05) is 0 Å². The average molecular weight is 503 g/mol. The van der Waals surface area contributed by atoms with Gasteiger partial charge in [-0.05, 0) is 32.6 Å². The van der Waals surface area contributed by atoms with E-state index in [1.807, 2.05) is 0 Å². The topological polar surface area (TPSA) is 295 Å². The number of rotatable bonds is 17. The van der Waals surface area contributed by atoms with Crippen LogP contribution in [0.1, 0.15) is 45.4 Å². The molecule has 0 fully saturated rings. The van der Waals surface area contributed by atoms with E-state index in [0.29, 0.717) is 0 Å². The molecule has 16 nitrogen and oxygen atoms in total. The molecule has 0 saturated carbocycles. The van der Waals surface area contributed by atoms with Gasteiger partial charge in [-0.25, -0.2) is 4.79 Å². The van der Waals surface area contributed by atoms with E-state index in [1.54, 1.807) is 0 Å². The van der Waals surface area contributed by atoms with Gasteiger partial charge in [0.2, 0.25) is 23.6 Å². The maximum Gasteiger partial charge on any atom is 0.326 e. The summed E-state index contributed by atoms with van der Waals surface area (Å²) in [7, 11) is 0. The van der Waals surface area contributed by atoms with Crippen molar-refractivity contribution >= 4 is 41.5 Å². The van der Waals surface area contributed by atoms with Gasteiger partial charge in [-0.2, -0.15) is 0 Å². The van der Waals surface area contributed by atoms with Crippen LogP contribution in [0.2, 0.25) is 0 Å². The number of primary amides is 1. The number of nitrogens with one attached hydrogen (secondary N) is 3. The normalized spacial score (nSPS) is 13.9. The van der Waals surface area contributed by atoms with E-state index >= 15 is 0 Å². The van der Waals surface area contributed by atoms with Gasteiger partial charge in [0.05, 0.1) is 6.04 Å². The van der Waals surface area contributed by atoms with Crippen LogP contribution in [0.25, 0.3) is 0 Å². The second kappa shape index (κ2) is 15.8. The van der Waals surface area contributed by atoms with Crippen molar-refractivity contribution in [2.45, 2.75) is 69.6 Å². The Kier molecular flexibility index (Phi) is 14.0. The molecule has 0 heterocycles. The minimum absolute atomic E-state index is 0.0524. The Morgan fingerprint density at radius 1 is 0.771 bits per heavy atom. The highest BCUT2D eigenvalue weighted by molar-refractivity contribution is 5.94. The summed E-state index contributed by atoms with van der Waals surface area (Å²) in [6, 6.07) is -5.12. The van der Waals surface area contributed by atoms with Gasteiger partial charge in [0, 0.05) is 19.4 Å². The van der Waals surface area contributed by atoms with Crippen molar-refractivity contribution in [1.29, 1.82) is 0 Å². The maximum atomic E-state index is 12.8. The van der Waals surface area contributed by atoms with Crippen LogP contribution in [0.15, 0.2) is 4.99 Å². The average Bonchev–Trinajstić information content (AvgIpc) is 2.74. The van der Waals surface area contributed by atoms with Crippen LogP contribution < -0.4 is 38.9 Å². The molecule has 4 amide bonds. The minimum Gasteiger partial charge on any atom is -0.481 e. The van der Waals surface area contributed by atoms with Crippen molar-refractivity contribution in [2.24, 2.45) is 27.9 Å². The Hall–Kier alpha value is -3.95. The fraction of sp³-hybridized carbons (Fsp3) is 0.632. The van der Waals surface area contributed by atoms with Crippen LogP contribution in [0.5, 0.6) is 0 Å². The molecule has 35 heavy (non-hydrogen) atoms. The number of carbonyl (C=O) groups excluding carboxylic acids is 4. The molecule has 0 aromatic heterocycles. The van der Waals surface area contributed by atoms with Crippen LogP contribution in [-0.2, 0) is 28.8 Å². The van der Waals surface area contributed by atoms with Crippen LogP contribution in [-0.4, -0.2) is 82.5 Å². The van der Waals surface area contributed by atoms with E-state index in [-0.39, 0.29) is 44.6 Å². The van der Waals surface area contributed by atoms with Crippen molar-refractivity contribution in [3.63, 3.8) is 0 Å². The Balaban J connectivity index is 5.50. The molecule has 0 aromatic carbocycles. The van der Waals surface area contributed by atoms with Crippen LogP contribution in [0.4, 0.5) is 0 Å². The van der Waals surface area contributed by atoms with Gasteiger partial charge in [0.25, 0.3) is 0 Å². The molecule has 13 N–H and O–H groups in total. The lowest BCUT2D eigenvalue weighted by molar-refractivity contribution is -0.143. The van der Waals surface area contributed by atoms with Crippen molar-refractivity contribution in [1.82, 2.24) is 16.0 Å². The highest BCUT2D eigenvalue weighted by atomic mass is 16.4. The van der Waals surface area contributed by atoms with Gasteiger partial charge >= 0.3 is 11.9 Å². The molecule has 0 spiro atoms. The molecular weight excluding hydrogens is 468 g/mol. The molecule has 16 heteroatoms. The van der Waals surface area contributed by atoms with E-state index in [4.69, 9.17) is 28.0 Å². The number of carboxylic acids is 2. The minimum atomic E-state index is -1.46. The molecule has 4 unspecified atom stereocenters. The van der Waals surface area contributed by atoms with Crippen LogP contribution in [0, 0.1) is 0 Å². The molecule has 198 valence electrons. The third-order valence-electron chi connectivity index (χ3n) is 4.57. The van der Waals surface area contributed by atoms with Gasteiger partial charge in [-0.3, -0.25) is 29.0 Å². The SMILES string of the molecule is CC(N)C(=O)NC(CCC(N)=O)C(=O)NC(CCC(=O)O)C(=O)NC(CCCN=C(N)N)C(=O)O. The number of nitrogens with zero attached hydrogens (tertiary/aromatic N) is 1. The number of nitrogens with two attached hydrogens (primary N) is 4. The summed E-state index contributed by atoms with van der Waals surface area (Å²) in [5.74, 6) is -6.14. The van der Waals surface area contributed by atoms with E-state index in [1.165, 1.54) is 6.92 Å². The molecule has 0 rings (SSSR count). The third kappa shape index (κ3) is 14.0. The van der Waals surface area contributed by atoms with Gasteiger partial charge < -0.3 is 49.1 Å². The zero-order chi connectivity index (χ0) is 27.1. The van der Waals surface area contributed by atoms with Gasteiger partial charge in [-0.15, -0.1) is 0 Å². The van der Waals surface area contributed by atoms with E-state index in [2.05, 4.69) is 20.9 Å². The second-order valence-electron chi connectivity index (χ2n) is 7.70. The summed E-state index contributed by atoms with van der Waals surface area (Å²) in [6.07, 6.45) is -1.24. The molecule has 0 radical (unpaired) electrons. The Bertz CT molecular complexity index is 813. The van der Waals surface area contributed by atoms with Crippen molar-refractivity contribution < 1.29 is 39.0 Å². The first-order valence-electron chi connectivity index (χ1n) is 10.7. The number of aliphatic carboxylic acids is 2. The zero-order valence-corrected chi connectivity index (χ0v) is 19.4. The lowest BCUT2D eigenvalue weighted by Crippen LogP contribution is -2.57. The van der Waals surface area contributed by atoms with Gasteiger partial charge in [0.1, 0.15) is 18.1 Å². The number of carboxylic acid groups (broad SMARTS) is 2. The Morgan fingerprint density at radius 3 is 1.69 bits per heavy atom. The number of amides is 4. The molecule has 4 atom stereocenters. The highest BCUT2D eigenvalue weighted by Gasteiger charge is 2.30. The largest absolute Gasteiger partial charge is 0.481 e. The smallest absolute Gasteiger partial charge is 0.326 e. The predicted octanol–water partition coefficient (Wildman–Crippen LogP) is -3.94. The number of aliphatic imine (C=N–C) groups is 1. The molecule has 0 bridgehead atoms. The summed E-state index contributed by atoms with van der Waals surface area (Å²) < 4.78 is 0. The molecule has 0 aromatic rings. The number of hydrogen-bond acceptors (Lipinski definition) is 8. The Labute approximate surface area is 201 Å². The van der Waals surface area contributed by atoms with E-state index in [9.17, 15) is 33.9 Å². The number of carbonyl (C=O) groups is 6. The summed E-state index contributed by atoms with van der Waals surface area (Å²) >= 11 is 0. The van der Waals surface area contributed by atoms with Crippen molar-refractivity contribution in [3.8, 4) is 0 Å². The second-order valence-corrected chi connectivity index (χ2v) is 7.70. The zero-order valence-electron chi connectivity index (χ0n) is 19.4. The maximum absolute atomic E-state index is 12.8. The van der Waals surface area contributed by atoms with E-state index in [0.717, 1.165) is 0 Å². The number of guanidine groups is 1. The molecule has 0 aliphatic carbocycles. The first kappa shape index (κ1) is 31.0. The fourth-order valence-electron chi connectivity index (χ4n) is 2.70. The summed E-state index contributed by atoms with van der Waals surface area (Å²) in [5, 5.41) is 25.2.